The van der Waals surface area contributed by atoms with E-state index in [4.69, 9.17) is 9.97 Å². The average molecular weight is 407 g/mol. The van der Waals surface area contributed by atoms with Gasteiger partial charge in [0.2, 0.25) is 0 Å². The molecule has 0 atom stereocenters. The maximum Gasteiger partial charge on any atom is 0.162 e. The van der Waals surface area contributed by atoms with Gasteiger partial charge in [0.1, 0.15) is 5.82 Å². The first-order chi connectivity index (χ1) is 13.8. The Balaban J connectivity index is 0.00000205. The van der Waals surface area contributed by atoms with E-state index in [1.807, 2.05) is 31.3 Å². The minimum absolute atomic E-state index is 0. The van der Waals surface area contributed by atoms with Crippen LogP contribution in [0.1, 0.15) is 30.0 Å². The molecule has 2 heterocycles. The van der Waals surface area contributed by atoms with E-state index in [0.717, 1.165) is 34.6 Å². The molecular formula is C22H23ClN6. The van der Waals surface area contributed by atoms with Crippen LogP contribution >= 0.6 is 12.4 Å². The Labute approximate surface area is 175 Å². The van der Waals surface area contributed by atoms with Gasteiger partial charge in [-0.2, -0.15) is 5.10 Å². The van der Waals surface area contributed by atoms with E-state index in [9.17, 15) is 0 Å². The molecule has 0 saturated heterocycles. The number of halogens is 1. The monoisotopic (exact) mass is 406 g/mol. The summed E-state index contributed by atoms with van der Waals surface area (Å²) in [6.45, 7) is 0.841. The van der Waals surface area contributed by atoms with Crippen molar-refractivity contribution in [1.82, 2.24) is 25.5 Å². The summed E-state index contributed by atoms with van der Waals surface area (Å²) >= 11 is 0. The normalized spacial score (nSPS) is 13.3. The van der Waals surface area contributed by atoms with Gasteiger partial charge in [0.15, 0.2) is 11.6 Å². The Kier molecular flexibility index (Phi) is 5.47. The van der Waals surface area contributed by atoms with Crippen LogP contribution in [0.4, 0.5) is 11.6 Å². The number of fused-ring (bicyclic) bond motifs is 1. The first kappa shape index (κ1) is 19.4. The molecule has 0 radical (unpaired) electrons. The molecule has 0 unspecified atom stereocenters. The molecule has 1 saturated carbocycles. The first-order valence-electron chi connectivity index (χ1n) is 9.63. The van der Waals surface area contributed by atoms with Crippen LogP contribution < -0.4 is 10.6 Å². The van der Waals surface area contributed by atoms with Crippen molar-refractivity contribution >= 4 is 34.9 Å². The highest BCUT2D eigenvalue weighted by Crippen LogP contribution is 2.39. The summed E-state index contributed by atoms with van der Waals surface area (Å²) in [4.78, 5) is 9.59. The van der Waals surface area contributed by atoms with Crippen LogP contribution in [0.3, 0.4) is 0 Å². The quantitative estimate of drug-likeness (QED) is 0.429. The number of benzene rings is 2. The van der Waals surface area contributed by atoms with Crippen LogP contribution in [0.2, 0.25) is 0 Å². The maximum atomic E-state index is 4.82. The predicted octanol–water partition coefficient (Wildman–Crippen LogP) is 4.78. The number of rotatable bonds is 6. The second kappa shape index (κ2) is 8.19. The molecule has 6 nitrogen and oxygen atoms in total. The van der Waals surface area contributed by atoms with E-state index in [-0.39, 0.29) is 12.4 Å². The van der Waals surface area contributed by atoms with Gasteiger partial charge in [-0.1, -0.05) is 36.4 Å². The first-order valence-corrected chi connectivity index (χ1v) is 9.63. The lowest BCUT2D eigenvalue weighted by Gasteiger charge is -2.10. The average Bonchev–Trinajstić information content (AvgIpc) is 3.48. The molecule has 1 aliphatic carbocycles. The number of aromatic amines is 1. The summed E-state index contributed by atoms with van der Waals surface area (Å²) in [6, 6.07) is 18.5. The molecule has 2 aromatic heterocycles. The Morgan fingerprint density at radius 1 is 1.03 bits per heavy atom. The van der Waals surface area contributed by atoms with Crippen molar-refractivity contribution in [3.63, 3.8) is 0 Å². The summed E-state index contributed by atoms with van der Waals surface area (Å²) in [7, 11) is 1.95. The minimum atomic E-state index is 0. The summed E-state index contributed by atoms with van der Waals surface area (Å²) in [5.41, 5.74) is 4.33. The van der Waals surface area contributed by atoms with Gasteiger partial charge in [0, 0.05) is 35.2 Å². The third-order valence-corrected chi connectivity index (χ3v) is 5.06. The van der Waals surface area contributed by atoms with Crippen LogP contribution in [0.15, 0.2) is 54.6 Å². The number of nitrogens with one attached hydrogen (secondary N) is 3. The lowest BCUT2D eigenvalue weighted by atomic mass is 10.1. The Hall–Kier alpha value is -2.96. The van der Waals surface area contributed by atoms with Gasteiger partial charge < -0.3 is 10.6 Å². The van der Waals surface area contributed by atoms with Crippen molar-refractivity contribution in [3.05, 3.63) is 65.9 Å². The van der Waals surface area contributed by atoms with E-state index in [1.165, 1.54) is 24.1 Å². The van der Waals surface area contributed by atoms with Crippen LogP contribution in [0.25, 0.3) is 22.3 Å². The number of nitrogens with zero attached hydrogens (tertiary/aromatic N) is 3. The molecule has 0 amide bonds. The molecule has 1 aliphatic rings. The van der Waals surface area contributed by atoms with E-state index in [1.54, 1.807) is 0 Å². The summed E-state index contributed by atoms with van der Waals surface area (Å²) < 4.78 is 0. The third-order valence-electron chi connectivity index (χ3n) is 5.06. The lowest BCUT2D eigenvalue weighted by molar-refractivity contribution is 0.818. The summed E-state index contributed by atoms with van der Waals surface area (Å²) in [5.74, 6) is 2.90. The standard InChI is InChI=1S/C22H22N6.ClH/c1-23-13-14-6-8-16(9-7-14)21-24-18-5-3-2-4-17(18)22(26-21)25-20-12-19(27-28-20)15-10-11-15;/h2-9,12,15,23H,10-11,13H2,1H3,(H2,24,25,26,27,28);1H. The zero-order valence-corrected chi connectivity index (χ0v) is 17.0. The molecule has 0 bridgehead atoms. The van der Waals surface area contributed by atoms with Crippen molar-refractivity contribution in [2.24, 2.45) is 0 Å². The molecule has 1 fully saturated rings. The molecule has 4 aromatic rings. The van der Waals surface area contributed by atoms with E-state index in [2.05, 4.69) is 51.2 Å². The Bertz CT molecular complexity index is 1120. The van der Waals surface area contributed by atoms with Crippen molar-refractivity contribution in [1.29, 1.82) is 0 Å². The van der Waals surface area contributed by atoms with Crippen molar-refractivity contribution < 1.29 is 0 Å². The number of anilines is 2. The van der Waals surface area contributed by atoms with Crippen molar-refractivity contribution in [2.45, 2.75) is 25.3 Å². The number of H-pyrrole nitrogens is 1. The number of aromatic nitrogens is 4. The van der Waals surface area contributed by atoms with Gasteiger partial charge in [0.25, 0.3) is 0 Å². The molecule has 0 aliphatic heterocycles. The highest BCUT2D eigenvalue weighted by Gasteiger charge is 2.25. The minimum Gasteiger partial charge on any atom is -0.323 e. The fraction of sp³-hybridized carbons (Fsp3) is 0.227. The molecular weight excluding hydrogens is 384 g/mol. The van der Waals surface area contributed by atoms with Gasteiger partial charge in [0.05, 0.1) is 5.52 Å². The molecule has 5 rings (SSSR count). The number of hydrogen-bond acceptors (Lipinski definition) is 5. The van der Waals surface area contributed by atoms with E-state index in [0.29, 0.717) is 11.7 Å². The Morgan fingerprint density at radius 3 is 2.59 bits per heavy atom. The van der Waals surface area contributed by atoms with Crippen molar-refractivity contribution in [2.75, 3.05) is 12.4 Å². The molecule has 2 aromatic carbocycles. The SMILES string of the molecule is CNCc1ccc(-c2nc(Nc3cc(C4CC4)[nH]n3)c3ccccc3n2)cc1.Cl. The van der Waals surface area contributed by atoms with E-state index < -0.39 is 0 Å². The second-order valence-electron chi connectivity index (χ2n) is 7.25. The number of para-hydroxylation sites is 1. The van der Waals surface area contributed by atoms with Gasteiger partial charge >= 0.3 is 0 Å². The number of hydrogen-bond donors (Lipinski definition) is 3. The van der Waals surface area contributed by atoms with Crippen molar-refractivity contribution in [3.8, 4) is 11.4 Å². The zero-order valence-electron chi connectivity index (χ0n) is 16.1. The lowest BCUT2D eigenvalue weighted by Crippen LogP contribution is -2.04. The van der Waals surface area contributed by atoms with Gasteiger partial charge in [-0.05, 0) is 37.6 Å². The molecule has 148 valence electrons. The molecule has 0 spiro atoms. The van der Waals surface area contributed by atoms with Gasteiger partial charge in [-0.15, -0.1) is 12.4 Å². The predicted molar refractivity (Wildman–Crippen MR) is 119 cm³/mol. The third kappa shape index (κ3) is 4.09. The van der Waals surface area contributed by atoms with Crippen LogP contribution in [0.5, 0.6) is 0 Å². The fourth-order valence-electron chi connectivity index (χ4n) is 3.40. The zero-order chi connectivity index (χ0) is 18.9. The molecule has 29 heavy (non-hydrogen) atoms. The topological polar surface area (TPSA) is 78.5 Å². The van der Waals surface area contributed by atoms with Gasteiger partial charge in [-0.3, -0.25) is 5.10 Å². The second-order valence-corrected chi connectivity index (χ2v) is 7.25. The molecule has 3 N–H and O–H groups in total. The van der Waals surface area contributed by atoms with Gasteiger partial charge in [-0.25, -0.2) is 9.97 Å². The summed E-state index contributed by atoms with van der Waals surface area (Å²) in [6.07, 6.45) is 2.48. The maximum absolute atomic E-state index is 4.82. The van der Waals surface area contributed by atoms with Crippen LogP contribution in [-0.4, -0.2) is 27.2 Å². The van der Waals surface area contributed by atoms with Crippen LogP contribution in [0, 0.1) is 0 Å². The Morgan fingerprint density at radius 2 is 1.83 bits per heavy atom. The van der Waals surface area contributed by atoms with E-state index >= 15 is 0 Å². The molecule has 7 heteroatoms. The smallest absolute Gasteiger partial charge is 0.162 e. The van der Waals surface area contributed by atoms with Crippen LogP contribution in [-0.2, 0) is 6.54 Å². The highest BCUT2D eigenvalue weighted by molar-refractivity contribution is 5.92. The summed E-state index contributed by atoms with van der Waals surface area (Å²) in [5, 5.41) is 15.1. The largest absolute Gasteiger partial charge is 0.323 e. The highest BCUT2D eigenvalue weighted by atomic mass is 35.5. The fourth-order valence-corrected chi connectivity index (χ4v) is 3.40.